The van der Waals surface area contributed by atoms with Crippen molar-refractivity contribution in [3.05, 3.63) is 58.7 Å². The zero-order valence-corrected chi connectivity index (χ0v) is 12.4. The minimum absolute atomic E-state index is 0.157. The molecule has 3 aromatic rings. The number of rotatable bonds is 2. The van der Waals surface area contributed by atoms with Crippen LogP contribution in [0.25, 0.3) is 10.9 Å². The van der Waals surface area contributed by atoms with Crippen molar-refractivity contribution in [2.24, 2.45) is 4.99 Å². The number of aromatic nitrogens is 1. The molecule has 0 saturated heterocycles. The summed E-state index contributed by atoms with van der Waals surface area (Å²) >= 11 is 0. The number of hydrogen-bond donors (Lipinski definition) is 2. The molecule has 0 radical (unpaired) electrons. The van der Waals surface area contributed by atoms with Gasteiger partial charge in [0.25, 0.3) is 0 Å². The molecule has 0 unspecified atom stereocenters. The number of nitrogens with zero attached hydrogens (tertiary/aromatic N) is 1. The topological polar surface area (TPSA) is 48.4 Å². The Morgan fingerprint density at radius 3 is 2.71 bits per heavy atom. The van der Waals surface area contributed by atoms with Gasteiger partial charge in [-0.2, -0.15) is 0 Å². The molecule has 0 saturated carbocycles. The lowest BCUT2D eigenvalue weighted by Crippen LogP contribution is -1.83. The van der Waals surface area contributed by atoms with E-state index in [2.05, 4.69) is 29.9 Å². The summed E-state index contributed by atoms with van der Waals surface area (Å²) in [7, 11) is 0. The lowest BCUT2D eigenvalue weighted by atomic mass is 10.1. The third kappa shape index (κ3) is 2.42. The number of fused-ring (bicyclic) bond motifs is 1. The van der Waals surface area contributed by atoms with Gasteiger partial charge in [0, 0.05) is 17.1 Å². The quantitative estimate of drug-likeness (QED) is 0.664. The first kappa shape index (κ1) is 13.4. The van der Waals surface area contributed by atoms with Crippen molar-refractivity contribution >= 4 is 22.8 Å². The van der Waals surface area contributed by atoms with Gasteiger partial charge in [0.05, 0.1) is 11.3 Å². The van der Waals surface area contributed by atoms with Crippen LogP contribution >= 0.6 is 0 Å². The summed E-state index contributed by atoms with van der Waals surface area (Å²) < 4.78 is 0. The molecule has 0 amide bonds. The first-order chi connectivity index (χ1) is 10.1. The molecule has 21 heavy (non-hydrogen) atoms. The van der Waals surface area contributed by atoms with Crippen LogP contribution in [0.1, 0.15) is 22.3 Å². The molecular formula is C18H18N2O. The minimum Gasteiger partial charge on any atom is -0.494 e. The van der Waals surface area contributed by atoms with Crippen molar-refractivity contribution in [1.82, 2.24) is 4.98 Å². The Bertz CT molecular complexity index is 844. The van der Waals surface area contributed by atoms with Crippen LogP contribution in [0.5, 0.6) is 5.88 Å². The van der Waals surface area contributed by atoms with E-state index in [9.17, 15) is 5.11 Å². The van der Waals surface area contributed by atoms with E-state index in [0.717, 1.165) is 33.3 Å². The van der Waals surface area contributed by atoms with Crippen molar-refractivity contribution in [2.75, 3.05) is 0 Å². The predicted molar refractivity (Wildman–Crippen MR) is 87.9 cm³/mol. The van der Waals surface area contributed by atoms with E-state index >= 15 is 0 Å². The van der Waals surface area contributed by atoms with Crippen LogP contribution in [0.15, 0.2) is 41.4 Å². The van der Waals surface area contributed by atoms with E-state index in [4.69, 9.17) is 0 Å². The fraction of sp³-hybridized carbons (Fsp3) is 0.167. The van der Waals surface area contributed by atoms with Crippen molar-refractivity contribution in [3.8, 4) is 5.88 Å². The summed E-state index contributed by atoms with van der Waals surface area (Å²) in [4.78, 5) is 7.53. The highest BCUT2D eigenvalue weighted by Gasteiger charge is 2.09. The molecule has 0 fully saturated rings. The lowest BCUT2D eigenvalue weighted by Gasteiger charge is -2.02. The van der Waals surface area contributed by atoms with Gasteiger partial charge in [0.15, 0.2) is 5.88 Å². The van der Waals surface area contributed by atoms with Crippen LogP contribution in [-0.4, -0.2) is 16.3 Å². The number of hydrogen-bond acceptors (Lipinski definition) is 2. The molecule has 1 aromatic heterocycles. The highest BCUT2D eigenvalue weighted by molar-refractivity contribution is 6.02. The van der Waals surface area contributed by atoms with Gasteiger partial charge in [-0.05, 0) is 49.6 Å². The Balaban J connectivity index is 2.07. The maximum absolute atomic E-state index is 10.1. The fourth-order valence-corrected chi connectivity index (χ4v) is 2.46. The molecule has 1 heterocycles. The number of aromatic hydroxyl groups is 1. The van der Waals surface area contributed by atoms with Gasteiger partial charge in [-0.1, -0.05) is 24.3 Å². The number of aromatic amines is 1. The second-order valence-electron chi connectivity index (χ2n) is 5.41. The number of aliphatic imine (C=N–C) groups is 1. The first-order valence-electron chi connectivity index (χ1n) is 6.98. The molecule has 0 atom stereocenters. The van der Waals surface area contributed by atoms with Gasteiger partial charge in [-0.15, -0.1) is 0 Å². The van der Waals surface area contributed by atoms with Crippen LogP contribution < -0.4 is 0 Å². The van der Waals surface area contributed by atoms with Crippen LogP contribution in [0.4, 0.5) is 5.69 Å². The van der Waals surface area contributed by atoms with Gasteiger partial charge in [0.1, 0.15) is 0 Å². The summed E-state index contributed by atoms with van der Waals surface area (Å²) in [5.74, 6) is 0.157. The highest BCUT2D eigenvalue weighted by atomic mass is 16.3. The molecule has 0 spiro atoms. The minimum atomic E-state index is 0.157. The average molecular weight is 278 g/mol. The van der Waals surface area contributed by atoms with Crippen LogP contribution in [0.3, 0.4) is 0 Å². The van der Waals surface area contributed by atoms with Crippen LogP contribution in [-0.2, 0) is 0 Å². The molecule has 2 N–H and O–H groups in total. The zero-order chi connectivity index (χ0) is 15.0. The normalized spacial score (nSPS) is 11.6. The van der Waals surface area contributed by atoms with Gasteiger partial charge >= 0.3 is 0 Å². The number of aryl methyl sites for hydroxylation is 2. The van der Waals surface area contributed by atoms with Gasteiger partial charge in [-0.25, -0.2) is 0 Å². The van der Waals surface area contributed by atoms with Gasteiger partial charge < -0.3 is 10.1 Å². The third-order valence-corrected chi connectivity index (χ3v) is 3.88. The van der Waals surface area contributed by atoms with E-state index in [0.29, 0.717) is 0 Å². The lowest BCUT2D eigenvalue weighted by molar-refractivity contribution is 0.457. The second kappa shape index (κ2) is 5.09. The smallest absolute Gasteiger partial charge is 0.198 e. The highest BCUT2D eigenvalue weighted by Crippen LogP contribution is 2.28. The molecule has 3 rings (SSSR count). The van der Waals surface area contributed by atoms with Gasteiger partial charge in [0.2, 0.25) is 0 Å². The third-order valence-electron chi connectivity index (χ3n) is 3.88. The second-order valence-corrected chi connectivity index (χ2v) is 5.41. The Kier molecular flexibility index (Phi) is 3.26. The molecule has 3 nitrogen and oxygen atoms in total. The number of H-pyrrole nitrogens is 1. The molecule has 3 heteroatoms. The summed E-state index contributed by atoms with van der Waals surface area (Å²) in [5.41, 5.74) is 6.10. The maximum Gasteiger partial charge on any atom is 0.198 e. The van der Waals surface area contributed by atoms with Gasteiger partial charge in [-0.3, -0.25) is 4.99 Å². The van der Waals surface area contributed by atoms with E-state index in [1.807, 2.05) is 37.3 Å². The largest absolute Gasteiger partial charge is 0.494 e. The SMILES string of the molecule is Cc1ccc2c(C=Nc3cccc(C)c3C)c(O)[nH]c2c1. The summed E-state index contributed by atoms with van der Waals surface area (Å²) in [6, 6.07) is 12.1. The van der Waals surface area contributed by atoms with Crippen molar-refractivity contribution in [1.29, 1.82) is 0 Å². The monoisotopic (exact) mass is 278 g/mol. The summed E-state index contributed by atoms with van der Waals surface area (Å²) in [6.45, 7) is 6.15. The van der Waals surface area contributed by atoms with Crippen molar-refractivity contribution in [3.63, 3.8) is 0 Å². The zero-order valence-electron chi connectivity index (χ0n) is 12.4. The van der Waals surface area contributed by atoms with Crippen LogP contribution in [0, 0.1) is 20.8 Å². The molecule has 0 aliphatic carbocycles. The van der Waals surface area contributed by atoms with Crippen LogP contribution in [0.2, 0.25) is 0 Å². The Morgan fingerprint density at radius 2 is 1.90 bits per heavy atom. The Hall–Kier alpha value is -2.55. The van der Waals surface area contributed by atoms with Crippen molar-refractivity contribution < 1.29 is 5.11 Å². The molecule has 0 aliphatic heterocycles. The average Bonchev–Trinajstić information content (AvgIpc) is 2.75. The predicted octanol–water partition coefficient (Wildman–Crippen LogP) is 4.55. The standard InChI is InChI=1S/C18H18N2O/c1-11-7-8-14-15(18(21)20-17(14)9-11)10-19-16-6-4-5-12(2)13(16)3/h4-10,20-21H,1-3H3. The molecule has 0 bridgehead atoms. The van der Waals surface area contributed by atoms with E-state index in [1.165, 1.54) is 5.56 Å². The number of benzene rings is 2. The van der Waals surface area contributed by atoms with Crippen molar-refractivity contribution in [2.45, 2.75) is 20.8 Å². The Morgan fingerprint density at radius 1 is 1.10 bits per heavy atom. The summed E-state index contributed by atoms with van der Waals surface area (Å²) in [6.07, 6.45) is 1.73. The molecule has 0 aliphatic rings. The number of nitrogens with one attached hydrogen (secondary N) is 1. The Labute approximate surface area is 124 Å². The van der Waals surface area contributed by atoms with E-state index in [1.54, 1.807) is 6.21 Å². The molecule has 106 valence electrons. The maximum atomic E-state index is 10.1. The molecule has 2 aromatic carbocycles. The van der Waals surface area contributed by atoms with E-state index in [-0.39, 0.29) is 5.88 Å². The first-order valence-corrected chi connectivity index (χ1v) is 6.98. The fourth-order valence-electron chi connectivity index (χ4n) is 2.46. The summed E-state index contributed by atoms with van der Waals surface area (Å²) in [5, 5.41) is 11.1. The molecular weight excluding hydrogens is 260 g/mol. The van der Waals surface area contributed by atoms with E-state index < -0.39 is 0 Å².